The molecule has 0 aromatic carbocycles. The van der Waals surface area contributed by atoms with E-state index in [1.165, 1.54) is 6.42 Å². The Labute approximate surface area is 105 Å². The molecule has 0 unspecified atom stereocenters. The minimum Gasteiger partial charge on any atom is -0.379 e. The van der Waals surface area contributed by atoms with Crippen LogP contribution in [0.25, 0.3) is 0 Å². The van der Waals surface area contributed by atoms with Crippen LogP contribution < -0.4 is 5.32 Å². The first-order valence-corrected chi connectivity index (χ1v) is 6.59. The summed E-state index contributed by atoms with van der Waals surface area (Å²) in [6, 6.07) is 0. The lowest BCUT2D eigenvalue weighted by Crippen LogP contribution is -2.26. The van der Waals surface area contributed by atoms with E-state index in [1.54, 1.807) is 0 Å². The Morgan fingerprint density at radius 2 is 1.76 bits per heavy atom. The molecule has 0 aliphatic carbocycles. The number of hydrogen-bond acceptors (Lipinski definition) is 3. The first kappa shape index (κ1) is 16.4. The van der Waals surface area contributed by atoms with Gasteiger partial charge in [-0.25, -0.2) is 0 Å². The lowest BCUT2D eigenvalue weighted by molar-refractivity contribution is -0.121. The monoisotopic (exact) mass is 245 g/mol. The second-order valence-corrected chi connectivity index (χ2v) is 4.46. The van der Waals surface area contributed by atoms with Gasteiger partial charge in [-0.15, -0.1) is 0 Å². The van der Waals surface area contributed by atoms with Crippen molar-refractivity contribution in [2.24, 2.45) is 5.92 Å². The highest BCUT2D eigenvalue weighted by Crippen LogP contribution is 2.02. The molecule has 0 radical (unpaired) electrons. The van der Waals surface area contributed by atoms with Gasteiger partial charge in [0.2, 0.25) is 5.91 Å². The van der Waals surface area contributed by atoms with Crippen molar-refractivity contribution in [3.63, 3.8) is 0 Å². The third kappa shape index (κ3) is 13.3. The highest BCUT2D eigenvalue weighted by Gasteiger charge is 1.96. The van der Waals surface area contributed by atoms with Gasteiger partial charge in [0.05, 0.1) is 19.8 Å². The molecule has 0 saturated carbocycles. The molecule has 0 fully saturated rings. The number of carbonyl (C=O) groups is 1. The molecule has 17 heavy (non-hydrogen) atoms. The first-order chi connectivity index (χ1) is 8.16. The Morgan fingerprint density at radius 1 is 1.12 bits per heavy atom. The van der Waals surface area contributed by atoms with Crippen molar-refractivity contribution in [2.75, 3.05) is 33.0 Å². The molecule has 4 nitrogen and oxygen atoms in total. The van der Waals surface area contributed by atoms with Crippen LogP contribution in [0.3, 0.4) is 0 Å². The lowest BCUT2D eigenvalue weighted by Gasteiger charge is -2.07. The van der Waals surface area contributed by atoms with Crippen LogP contribution in [-0.4, -0.2) is 38.9 Å². The molecule has 0 heterocycles. The summed E-state index contributed by atoms with van der Waals surface area (Å²) in [4.78, 5) is 10.9. The number of amides is 1. The van der Waals surface area contributed by atoms with E-state index in [9.17, 15) is 4.79 Å². The fourth-order valence-electron chi connectivity index (χ4n) is 1.30. The molecule has 0 aromatic heterocycles. The van der Waals surface area contributed by atoms with Crippen molar-refractivity contribution >= 4 is 5.91 Å². The zero-order valence-corrected chi connectivity index (χ0v) is 11.5. The van der Waals surface area contributed by atoms with Crippen LogP contribution in [0.5, 0.6) is 0 Å². The lowest BCUT2D eigenvalue weighted by atomic mass is 10.1. The average Bonchev–Trinajstić information content (AvgIpc) is 2.30. The van der Waals surface area contributed by atoms with Gasteiger partial charge < -0.3 is 14.8 Å². The number of carbonyl (C=O) groups excluding carboxylic acids is 1. The number of nitrogens with one attached hydrogen (secondary N) is 1. The average molecular weight is 245 g/mol. The van der Waals surface area contributed by atoms with Crippen molar-refractivity contribution in [1.29, 1.82) is 0 Å². The van der Waals surface area contributed by atoms with Gasteiger partial charge in [0, 0.05) is 19.6 Å². The SMILES string of the molecule is CCC(=O)NCCOCCOCCCC(C)C. The summed E-state index contributed by atoms with van der Waals surface area (Å²) in [5.41, 5.74) is 0. The minimum atomic E-state index is 0.0681. The van der Waals surface area contributed by atoms with E-state index in [0.29, 0.717) is 32.8 Å². The van der Waals surface area contributed by atoms with E-state index in [0.717, 1.165) is 18.9 Å². The van der Waals surface area contributed by atoms with E-state index in [1.807, 2.05) is 6.92 Å². The minimum absolute atomic E-state index is 0.0681. The summed E-state index contributed by atoms with van der Waals surface area (Å²) >= 11 is 0. The Kier molecular flexibility index (Phi) is 11.4. The summed E-state index contributed by atoms with van der Waals surface area (Å²) in [5, 5.41) is 2.75. The first-order valence-electron chi connectivity index (χ1n) is 6.59. The second kappa shape index (κ2) is 11.9. The fraction of sp³-hybridized carbons (Fsp3) is 0.923. The maximum Gasteiger partial charge on any atom is 0.219 e. The third-order valence-electron chi connectivity index (χ3n) is 2.33. The Balaban J connectivity index is 3.01. The van der Waals surface area contributed by atoms with E-state index in [2.05, 4.69) is 19.2 Å². The number of rotatable bonds is 11. The smallest absolute Gasteiger partial charge is 0.219 e. The van der Waals surface area contributed by atoms with Crippen molar-refractivity contribution in [1.82, 2.24) is 5.32 Å². The molecule has 0 saturated heterocycles. The Morgan fingerprint density at radius 3 is 2.35 bits per heavy atom. The van der Waals surface area contributed by atoms with Gasteiger partial charge >= 0.3 is 0 Å². The van der Waals surface area contributed by atoms with Gasteiger partial charge in [0.1, 0.15) is 0 Å². The van der Waals surface area contributed by atoms with E-state index in [-0.39, 0.29) is 5.91 Å². The summed E-state index contributed by atoms with van der Waals surface area (Å²) in [7, 11) is 0. The van der Waals surface area contributed by atoms with E-state index >= 15 is 0 Å². The highest BCUT2D eigenvalue weighted by molar-refractivity contribution is 5.75. The van der Waals surface area contributed by atoms with Crippen LogP contribution in [0.4, 0.5) is 0 Å². The maximum atomic E-state index is 10.9. The molecular weight excluding hydrogens is 218 g/mol. The van der Waals surface area contributed by atoms with Crippen LogP contribution in [0.15, 0.2) is 0 Å². The van der Waals surface area contributed by atoms with Gasteiger partial charge in [-0.05, 0) is 18.8 Å². The van der Waals surface area contributed by atoms with Crippen molar-refractivity contribution in [3.05, 3.63) is 0 Å². The molecule has 0 bridgehead atoms. The zero-order valence-electron chi connectivity index (χ0n) is 11.5. The standard InChI is InChI=1S/C13H27NO3/c1-4-13(15)14-7-9-17-11-10-16-8-5-6-12(2)3/h12H,4-11H2,1-3H3,(H,14,15). The topological polar surface area (TPSA) is 47.6 Å². The zero-order chi connectivity index (χ0) is 12.9. The van der Waals surface area contributed by atoms with Crippen LogP contribution in [0, 0.1) is 5.92 Å². The van der Waals surface area contributed by atoms with Crippen LogP contribution in [0.2, 0.25) is 0 Å². The normalized spacial score (nSPS) is 10.8. The van der Waals surface area contributed by atoms with Crippen LogP contribution in [-0.2, 0) is 14.3 Å². The highest BCUT2D eigenvalue weighted by atomic mass is 16.5. The summed E-state index contributed by atoms with van der Waals surface area (Å²) in [5.74, 6) is 0.815. The molecule has 0 atom stereocenters. The van der Waals surface area contributed by atoms with Crippen molar-refractivity contribution in [3.8, 4) is 0 Å². The van der Waals surface area contributed by atoms with Gasteiger partial charge in [-0.2, -0.15) is 0 Å². The summed E-state index contributed by atoms with van der Waals surface area (Å²) in [6.45, 7) is 9.46. The van der Waals surface area contributed by atoms with Gasteiger partial charge in [0.25, 0.3) is 0 Å². The molecule has 1 amide bonds. The predicted octanol–water partition coefficient (Wildman–Crippen LogP) is 1.98. The van der Waals surface area contributed by atoms with E-state index in [4.69, 9.17) is 9.47 Å². The van der Waals surface area contributed by atoms with Gasteiger partial charge in [-0.1, -0.05) is 20.8 Å². The molecule has 0 aromatic rings. The number of hydrogen-bond donors (Lipinski definition) is 1. The molecule has 0 aliphatic heterocycles. The summed E-state index contributed by atoms with van der Waals surface area (Å²) < 4.78 is 10.7. The quantitative estimate of drug-likeness (QED) is 0.566. The van der Waals surface area contributed by atoms with Crippen molar-refractivity contribution in [2.45, 2.75) is 40.0 Å². The fourth-order valence-corrected chi connectivity index (χ4v) is 1.30. The van der Waals surface area contributed by atoms with Crippen LogP contribution >= 0.6 is 0 Å². The van der Waals surface area contributed by atoms with Crippen LogP contribution in [0.1, 0.15) is 40.0 Å². The molecule has 0 aliphatic rings. The molecule has 0 rings (SSSR count). The largest absolute Gasteiger partial charge is 0.379 e. The van der Waals surface area contributed by atoms with Crippen molar-refractivity contribution < 1.29 is 14.3 Å². The second-order valence-electron chi connectivity index (χ2n) is 4.46. The predicted molar refractivity (Wildman–Crippen MR) is 69.0 cm³/mol. The van der Waals surface area contributed by atoms with Gasteiger partial charge in [-0.3, -0.25) is 4.79 Å². The number of ether oxygens (including phenoxy) is 2. The summed E-state index contributed by atoms with van der Waals surface area (Å²) in [6.07, 6.45) is 2.85. The maximum absolute atomic E-state index is 10.9. The molecule has 4 heteroatoms. The third-order valence-corrected chi connectivity index (χ3v) is 2.33. The molecule has 0 spiro atoms. The van der Waals surface area contributed by atoms with E-state index < -0.39 is 0 Å². The Hall–Kier alpha value is -0.610. The molecule has 1 N–H and O–H groups in total. The molecule has 102 valence electrons. The van der Waals surface area contributed by atoms with Gasteiger partial charge in [0.15, 0.2) is 0 Å². The Bertz CT molecular complexity index is 184. The molecular formula is C13H27NO3.